The number of amides is 3. The van der Waals surface area contributed by atoms with Crippen LogP contribution in [0.4, 0.5) is 4.79 Å². The minimum atomic E-state index is -3.82. The van der Waals surface area contributed by atoms with Crippen molar-refractivity contribution < 1.29 is 32.3 Å². The van der Waals surface area contributed by atoms with Gasteiger partial charge in [-0.05, 0) is 31.0 Å². The molecule has 0 aliphatic carbocycles. The van der Waals surface area contributed by atoms with Crippen LogP contribution in [-0.4, -0.2) is 57.4 Å². The number of imide groups is 1. The van der Waals surface area contributed by atoms with E-state index in [2.05, 4.69) is 0 Å². The summed E-state index contributed by atoms with van der Waals surface area (Å²) in [5.74, 6) is -1.73. The van der Waals surface area contributed by atoms with Crippen molar-refractivity contribution in [1.82, 2.24) is 9.62 Å². The average Bonchev–Trinajstić information content (AvgIpc) is 3.14. The summed E-state index contributed by atoms with van der Waals surface area (Å²) in [5, 5.41) is 1.74. The maximum Gasteiger partial charge on any atom is 0.338 e. The molecule has 3 N–H and O–H groups in total. The van der Waals surface area contributed by atoms with Crippen molar-refractivity contribution in [3.8, 4) is 5.75 Å². The second kappa shape index (κ2) is 8.15. The molecule has 1 aromatic rings. The number of esters is 1. The number of nitrogens with two attached hydrogens (primary N) is 1. The van der Waals surface area contributed by atoms with E-state index in [4.69, 9.17) is 15.2 Å². The van der Waals surface area contributed by atoms with Crippen LogP contribution in [0.2, 0.25) is 0 Å². The van der Waals surface area contributed by atoms with Gasteiger partial charge in [-0.3, -0.25) is 10.1 Å². The first-order chi connectivity index (χ1) is 12.3. The van der Waals surface area contributed by atoms with Crippen LogP contribution < -0.4 is 15.8 Å². The van der Waals surface area contributed by atoms with Gasteiger partial charge < -0.3 is 15.2 Å². The van der Waals surface area contributed by atoms with Crippen molar-refractivity contribution in [2.24, 2.45) is 5.73 Å². The van der Waals surface area contributed by atoms with Gasteiger partial charge in [0, 0.05) is 13.1 Å². The highest BCUT2D eigenvalue weighted by Crippen LogP contribution is 2.30. The predicted octanol–water partition coefficient (Wildman–Crippen LogP) is -0.169. The third-order valence-electron chi connectivity index (χ3n) is 3.68. The van der Waals surface area contributed by atoms with Crippen LogP contribution in [0.25, 0.3) is 0 Å². The monoisotopic (exact) mass is 385 g/mol. The maximum atomic E-state index is 12.8. The molecule has 142 valence electrons. The highest BCUT2D eigenvalue weighted by Gasteiger charge is 2.30. The Morgan fingerprint density at radius 3 is 2.46 bits per heavy atom. The summed E-state index contributed by atoms with van der Waals surface area (Å²) in [7, 11) is -2.50. The Balaban J connectivity index is 2.22. The van der Waals surface area contributed by atoms with Gasteiger partial charge in [-0.2, -0.15) is 4.31 Å². The number of rotatable bonds is 6. The number of ether oxygens (including phenoxy) is 2. The lowest BCUT2D eigenvalue weighted by atomic mass is 10.2. The molecular formula is C15H19N3O7S. The summed E-state index contributed by atoms with van der Waals surface area (Å²) in [5.41, 5.74) is 4.70. The third-order valence-corrected chi connectivity index (χ3v) is 5.60. The number of nitrogens with one attached hydrogen (secondary N) is 1. The standard InChI is InChI=1S/C15H19N3O7S/c1-24-11-5-4-10(14(20)25-9-13(19)17-15(16)21)8-12(11)26(22,23)18-6-2-3-7-18/h4-5,8H,2-3,6-7,9H2,1H3,(H3,16,17,19,21). The van der Waals surface area contributed by atoms with E-state index in [9.17, 15) is 22.8 Å². The minimum Gasteiger partial charge on any atom is -0.495 e. The first-order valence-corrected chi connectivity index (χ1v) is 9.14. The molecule has 0 aromatic heterocycles. The number of benzene rings is 1. The van der Waals surface area contributed by atoms with E-state index in [-0.39, 0.29) is 16.2 Å². The zero-order valence-corrected chi connectivity index (χ0v) is 14.9. The molecule has 0 radical (unpaired) electrons. The SMILES string of the molecule is COc1ccc(C(=O)OCC(=O)NC(N)=O)cc1S(=O)(=O)N1CCCC1. The second-order valence-corrected chi connectivity index (χ2v) is 7.37. The van der Waals surface area contributed by atoms with Gasteiger partial charge >= 0.3 is 12.0 Å². The Morgan fingerprint density at radius 2 is 1.88 bits per heavy atom. The number of methoxy groups -OCH3 is 1. The fraction of sp³-hybridized carbons (Fsp3) is 0.400. The number of carbonyl (C=O) groups excluding carboxylic acids is 3. The van der Waals surface area contributed by atoms with Gasteiger partial charge in [-0.25, -0.2) is 18.0 Å². The summed E-state index contributed by atoms with van der Waals surface area (Å²) in [6.45, 7) is 0.0584. The van der Waals surface area contributed by atoms with Crippen molar-refractivity contribution in [3.05, 3.63) is 23.8 Å². The molecule has 3 amide bonds. The fourth-order valence-corrected chi connectivity index (χ4v) is 4.16. The molecule has 10 nitrogen and oxygen atoms in total. The van der Waals surface area contributed by atoms with E-state index >= 15 is 0 Å². The fourth-order valence-electron chi connectivity index (χ4n) is 2.46. The summed E-state index contributed by atoms with van der Waals surface area (Å²) in [4.78, 5) is 33.7. The van der Waals surface area contributed by atoms with Gasteiger partial charge in [0.15, 0.2) is 6.61 Å². The molecule has 2 rings (SSSR count). The van der Waals surface area contributed by atoms with Gasteiger partial charge in [0.1, 0.15) is 10.6 Å². The van der Waals surface area contributed by atoms with Crippen molar-refractivity contribution in [2.75, 3.05) is 26.8 Å². The summed E-state index contributed by atoms with van der Waals surface area (Å²) in [6.07, 6.45) is 1.52. The third kappa shape index (κ3) is 4.49. The lowest BCUT2D eigenvalue weighted by molar-refractivity contribution is -0.123. The molecule has 0 unspecified atom stereocenters. The smallest absolute Gasteiger partial charge is 0.338 e. The number of primary amides is 1. The van der Waals surface area contributed by atoms with E-state index < -0.39 is 34.5 Å². The summed E-state index contributed by atoms with van der Waals surface area (Å²) < 4.78 is 36.7. The predicted molar refractivity (Wildman–Crippen MR) is 89.0 cm³/mol. The van der Waals surface area contributed by atoms with Crippen LogP contribution in [0.1, 0.15) is 23.2 Å². The normalized spacial score (nSPS) is 14.7. The van der Waals surface area contributed by atoms with E-state index in [1.807, 2.05) is 0 Å². The average molecular weight is 385 g/mol. The Bertz CT molecular complexity index is 817. The lowest BCUT2D eigenvalue weighted by Crippen LogP contribution is -2.37. The molecule has 1 aromatic carbocycles. The van der Waals surface area contributed by atoms with Gasteiger partial charge in [0.05, 0.1) is 12.7 Å². The van der Waals surface area contributed by atoms with Crippen molar-refractivity contribution in [3.63, 3.8) is 0 Å². The molecular weight excluding hydrogens is 366 g/mol. The molecule has 0 bridgehead atoms. The molecule has 1 fully saturated rings. The van der Waals surface area contributed by atoms with Crippen molar-refractivity contribution in [2.45, 2.75) is 17.7 Å². The van der Waals surface area contributed by atoms with Crippen LogP contribution in [0.5, 0.6) is 5.75 Å². The molecule has 26 heavy (non-hydrogen) atoms. The van der Waals surface area contributed by atoms with Crippen LogP contribution in [0.15, 0.2) is 23.1 Å². The zero-order valence-electron chi connectivity index (χ0n) is 14.1. The Morgan fingerprint density at radius 1 is 1.23 bits per heavy atom. The number of hydrogen-bond acceptors (Lipinski definition) is 7. The highest BCUT2D eigenvalue weighted by molar-refractivity contribution is 7.89. The van der Waals surface area contributed by atoms with Crippen LogP contribution in [0.3, 0.4) is 0 Å². The van der Waals surface area contributed by atoms with Gasteiger partial charge in [-0.15, -0.1) is 0 Å². The van der Waals surface area contributed by atoms with Gasteiger partial charge in [0.25, 0.3) is 5.91 Å². The maximum absolute atomic E-state index is 12.8. The number of sulfonamides is 1. The number of nitrogens with zero attached hydrogens (tertiary/aromatic N) is 1. The lowest BCUT2D eigenvalue weighted by Gasteiger charge is -2.18. The topological polar surface area (TPSA) is 145 Å². The first kappa shape index (κ1) is 19.7. The molecule has 0 atom stereocenters. The first-order valence-electron chi connectivity index (χ1n) is 7.70. The summed E-state index contributed by atoms with van der Waals surface area (Å²) in [6, 6.07) is 2.72. The van der Waals surface area contributed by atoms with Crippen LogP contribution in [0, 0.1) is 0 Å². The summed E-state index contributed by atoms with van der Waals surface area (Å²) >= 11 is 0. The molecule has 0 saturated carbocycles. The van der Waals surface area contributed by atoms with E-state index in [0.717, 1.165) is 18.9 Å². The Hall–Kier alpha value is -2.66. The molecule has 11 heteroatoms. The zero-order chi connectivity index (χ0) is 19.3. The van der Waals surface area contributed by atoms with Crippen LogP contribution in [-0.2, 0) is 19.6 Å². The largest absolute Gasteiger partial charge is 0.495 e. The number of urea groups is 1. The number of hydrogen-bond donors (Lipinski definition) is 2. The van der Waals surface area contributed by atoms with Gasteiger partial charge in [0.2, 0.25) is 10.0 Å². The van der Waals surface area contributed by atoms with Crippen LogP contribution >= 0.6 is 0 Å². The van der Waals surface area contributed by atoms with Gasteiger partial charge in [-0.1, -0.05) is 0 Å². The molecule has 1 aliphatic rings. The molecule has 1 aliphatic heterocycles. The molecule has 0 spiro atoms. The van der Waals surface area contributed by atoms with Crippen molar-refractivity contribution in [1.29, 1.82) is 0 Å². The van der Waals surface area contributed by atoms with E-state index in [0.29, 0.717) is 13.1 Å². The minimum absolute atomic E-state index is 0.0737. The Labute approximate surface area is 150 Å². The van der Waals surface area contributed by atoms with E-state index in [1.165, 1.54) is 23.5 Å². The quantitative estimate of drug-likeness (QED) is 0.647. The second-order valence-electron chi connectivity index (χ2n) is 5.47. The highest BCUT2D eigenvalue weighted by atomic mass is 32.2. The molecule has 1 saturated heterocycles. The Kier molecular flexibility index (Phi) is 6.16. The van der Waals surface area contributed by atoms with E-state index in [1.54, 1.807) is 5.32 Å². The van der Waals surface area contributed by atoms with Crippen molar-refractivity contribution >= 4 is 27.9 Å². The molecule has 1 heterocycles. The number of carbonyl (C=O) groups is 3.